The molecule has 5 aromatic rings. The summed E-state index contributed by atoms with van der Waals surface area (Å²) in [5.74, 6) is 0. The molecule has 30 heavy (non-hydrogen) atoms. The molecular formula is C23H17N5OS. The van der Waals surface area contributed by atoms with Crippen LogP contribution in [0.2, 0.25) is 0 Å². The Labute approximate surface area is 176 Å². The molecule has 0 aliphatic rings. The van der Waals surface area contributed by atoms with Crippen molar-refractivity contribution in [1.82, 2.24) is 14.4 Å². The predicted octanol–water partition coefficient (Wildman–Crippen LogP) is 4.68. The van der Waals surface area contributed by atoms with E-state index < -0.39 is 11.4 Å². The lowest BCUT2D eigenvalue weighted by molar-refractivity contribution is 0.595. The Morgan fingerprint density at radius 1 is 0.900 bits per heavy atom. The first-order valence-electron chi connectivity index (χ1n) is 9.33. The van der Waals surface area contributed by atoms with Gasteiger partial charge in [0.1, 0.15) is 34.6 Å². The van der Waals surface area contributed by atoms with Gasteiger partial charge in [-0.25, -0.2) is 4.98 Å². The first kappa shape index (κ1) is 18.4. The van der Waals surface area contributed by atoms with Crippen LogP contribution in [0.25, 0.3) is 27.5 Å². The average molecular weight is 411 g/mol. The van der Waals surface area contributed by atoms with Gasteiger partial charge in [0, 0.05) is 24.2 Å². The Kier molecular flexibility index (Phi) is 4.66. The van der Waals surface area contributed by atoms with E-state index in [9.17, 15) is 4.55 Å². The molecule has 0 radical (unpaired) electrons. The third kappa shape index (κ3) is 3.30. The van der Waals surface area contributed by atoms with Gasteiger partial charge < -0.3 is 9.96 Å². The predicted molar refractivity (Wildman–Crippen MR) is 120 cm³/mol. The van der Waals surface area contributed by atoms with Gasteiger partial charge in [0.15, 0.2) is 0 Å². The van der Waals surface area contributed by atoms with E-state index in [4.69, 9.17) is 5.41 Å². The van der Waals surface area contributed by atoms with Gasteiger partial charge in [0.05, 0.1) is 0 Å². The minimum Gasteiger partial charge on any atom is -0.587 e. The molecule has 0 amide bonds. The highest BCUT2D eigenvalue weighted by Gasteiger charge is 2.19. The molecule has 0 bridgehead atoms. The van der Waals surface area contributed by atoms with Gasteiger partial charge in [0.25, 0.3) is 5.03 Å². The van der Waals surface area contributed by atoms with E-state index in [1.165, 1.54) is 0 Å². The smallest absolute Gasteiger partial charge is 0.276 e. The van der Waals surface area contributed by atoms with Crippen LogP contribution in [0.3, 0.4) is 0 Å². The van der Waals surface area contributed by atoms with E-state index in [1.54, 1.807) is 16.8 Å². The quantitative estimate of drug-likeness (QED) is 0.325. The lowest BCUT2D eigenvalue weighted by Crippen LogP contribution is -2.16. The normalized spacial score (nSPS) is 12.2. The third-order valence-corrected chi connectivity index (χ3v) is 6.00. The van der Waals surface area contributed by atoms with Crippen LogP contribution in [0.15, 0.2) is 90.3 Å². The van der Waals surface area contributed by atoms with Gasteiger partial charge in [-0.2, -0.15) is 4.72 Å². The lowest BCUT2D eigenvalue weighted by atomic mass is 10.0. The van der Waals surface area contributed by atoms with Crippen molar-refractivity contribution in [1.29, 1.82) is 5.41 Å². The minimum atomic E-state index is -1.57. The van der Waals surface area contributed by atoms with E-state index in [0.717, 1.165) is 33.8 Å². The number of fused-ring (bicyclic) bond motifs is 2. The summed E-state index contributed by atoms with van der Waals surface area (Å²) in [6, 6.07) is 21.8. The maximum Gasteiger partial charge on any atom is 0.276 e. The molecule has 0 saturated carbocycles. The van der Waals surface area contributed by atoms with Gasteiger partial charge in [-0.15, -0.1) is 0 Å². The maximum atomic E-state index is 13.0. The number of benzene rings is 2. The number of pyridine rings is 2. The summed E-state index contributed by atoms with van der Waals surface area (Å²) in [4.78, 5) is 8.68. The van der Waals surface area contributed by atoms with Crippen molar-refractivity contribution < 1.29 is 4.55 Å². The molecular weight excluding hydrogens is 394 g/mol. The second-order valence-corrected chi connectivity index (χ2v) is 7.92. The Morgan fingerprint density at radius 2 is 1.73 bits per heavy atom. The number of hydrogen-bond donors (Lipinski definition) is 2. The summed E-state index contributed by atoms with van der Waals surface area (Å²) in [5, 5.41) is 10.5. The van der Waals surface area contributed by atoms with Crippen LogP contribution in [0.5, 0.6) is 0 Å². The largest absolute Gasteiger partial charge is 0.587 e. The van der Waals surface area contributed by atoms with Gasteiger partial charge in [-0.3, -0.25) is 9.38 Å². The van der Waals surface area contributed by atoms with Crippen LogP contribution >= 0.6 is 0 Å². The SMILES string of the molecule is N=Cc1ncc(-c2ccc3ccccc3c2)cc1N[S+]([O-])c1cnc2ccccn12. The summed E-state index contributed by atoms with van der Waals surface area (Å²) < 4.78 is 17.8. The highest BCUT2D eigenvalue weighted by molar-refractivity contribution is 7.92. The summed E-state index contributed by atoms with van der Waals surface area (Å²) in [6.07, 6.45) is 6.28. The van der Waals surface area contributed by atoms with Crippen molar-refractivity contribution in [2.45, 2.75) is 5.03 Å². The van der Waals surface area contributed by atoms with Crippen LogP contribution in [-0.4, -0.2) is 25.1 Å². The van der Waals surface area contributed by atoms with Crippen molar-refractivity contribution in [3.05, 3.63) is 91.0 Å². The molecule has 2 N–H and O–H groups in total. The van der Waals surface area contributed by atoms with Crippen LogP contribution in [-0.2, 0) is 11.4 Å². The number of nitrogens with zero attached hydrogens (tertiary/aromatic N) is 3. The number of rotatable bonds is 5. The van der Waals surface area contributed by atoms with Crippen LogP contribution in [0, 0.1) is 5.41 Å². The fraction of sp³-hybridized carbons (Fsp3) is 0. The summed E-state index contributed by atoms with van der Waals surface area (Å²) in [7, 11) is 0. The first-order chi connectivity index (χ1) is 14.7. The summed E-state index contributed by atoms with van der Waals surface area (Å²) >= 11 is -1.57. The van der Waals surface area contributed by atoms with Gasteiger partial charge in [0.2, 0.25) is 0 Å². The van der Waals surface area contributed by atoms with Crippen molar-refractivity contribution in [2.75, 3.05) is 4.72 Å². The summed E-state index contributed by atoms with van der Waals surface area (Å²) in [5.41, 5.74) is 3.55. The summed E-state index contributed by atoms with van der Waals surface area (Å²) in [6.45, 7) is 0. The monoisotopic (exact) mass is 411 g/mol. The molecule has 0 spiro atoms. The number of imidazole rings is 1. The topological polar surface area (TPSA) is 89.1 Å². The van der Waals surface area contributed by atoms with E-state index in [2.05, 4.69) is 39.0 Å². The van der Waals surface area contributed by atoms with Crippen molar-refractivity contribution in [3.8, 4) is 11.1 Å². The Hall–Kier alpha value is -3.68. The Balaban J connectivity index is 1.51. The van der Waals surface area contributed by atoms with Gasteiger partial charge in [-0.1, -0.05) is 42.5 Å². The molecule has 0 fully saturated rings. The van der Waals surface area contributed by atoms with E-state index in [-0.39, 0.29) is 0 Å². The molecule has 2 aromatic carbocycles. The fourth-order valence-electron chi connectivity index (χ4n) is 3.40. The van der Waals surface area contributed by atoms with Crippen LogP contribution in [0.4, 0.5) is 5.69 Å². The van der Waals surface area contributed by atoms with Crippen molar-refractivity contribution in [2.24, 2.45) is 0 Å². The number of hydrogen-bond acceptors (Lipinski definition) is 5. The molecule has 146 valence electrons. The lowest BCUT2D eigenvalue weighted by Gasteiger charge is -2.13. The zero-order valence-corrected chi connectivity index (χ0v) is 16.6. The number of aromatic nitrogens is 3. The highest BCUT2D eigenvalue weighted by Crippen LogP contribution is 2.28. The molecule has 7 heteroatoms. The van der Waals surface area contributed by atoms with E-state index >= 15 is 0 Å². The molecule has 3 aromatic heterocycles. The second-order valence-electron chi connectivity index (χ2n) is 6.76. The maximum absolute atomic E-state index is 13.0. The highest BCUT2D eigenvalue weighted by atomic mass is 32.2. The van der Waals surface area contributed by atoms with E-state index in [1.807, 2.05) is 48.7 Å². The Morgan fingerprint density at radius 3 is 2.60 bits per heavy atom. The van der Waals surface area contributed by atoms with Crippen molar-refractivity contribution in [3.63, 3.8) is 0 Å². The van der Waals surface area contributed by atoms with Crippen LogP contribution < -0.4 is 4.72 Å². The van der Waals surface area contributed by atoms with Crippen molar-refractivity contribution >= 4 is 39.7 Å². The van der Waals surface area contributed by atoms with Gasteiger partial charge in [-0.05, 0) is 40.6 Å². The molecule has 1 unspecified atom stereocenters. The zero-order valence-electron chi connectivity index (χ0n) is 15.8. The molecule has 6 nitrogen and oxygen atoms in total. The average Bonchev–Trinajstić information content (AvgIpc) is 3.23. The van der Waals surface area contributed by atoms with Crippen LogP contribution in [0.1, 0.15) is 5.69 Å². The standard InChI is InChI=1S/C23H17N5OS/c24-13-21-20(27-30(29)23-15-26-22-7-3-4-10-28(22)23)12-19(14-25-21)18-9-8-16-5-1-2-6-17(16)11-18/h1-15,24,27H. The number of nitrogens with one attached hydrogen (secondary N) is 2. The second kappa shape index (κ2) is 7.62. The molecule has 0 aliphatic carbocycles. The molecule has 3 heterocycles. The first-order valence-corrected chi connectivity index (χ1v) is 10.5. The molecule has 0 saturated heterocycles. The Bertz CT molecular complexity index is 1380. The zero-order chi connectivity index (χ0) is 20.5. The minimum absolute atomic E-state index is 0.418. The molecule has 1 atom stereocenters. The van der Waals surface area contributed by atoms with E-state index in [0.29, 0.717) is 16.4 Å². The van der Waals surface area contributed by atoms with Gasteiger partial charge >= 0.3 is 0 Å². The fourth-order valence-corrected chi connectivity index (χ4v) is 4.35. The molecule has 0 aliphatic heterocycles. The molecule has 5 rings (SSSR count). The number of anilines is 1. The third-order valence-electron chi connectivity index (χ3n) is 4.91.